The van der Waals surface area contributed by atoms with Crippen molar-refractivity contribution in [2.24, 2.45) is 7.05 Å². The van der Waals surface area contributed by atoms with Crippen molar-refractivity contribution in [1.29, 1.82) is 0 Å². The standard InChI is InChI=1S/C17H19N3O3S/c1-19-15(5-9-18-19)13-6-10-20(11-7-13)24(21,22)16-4-2-3-14-8-12-23-17(14)16/h2-6,9H,7-8,10-12H2,1H3. The van der Waals surface area contributed by atoms with Gasteiger partial charge in [0.2, 0.25) is 10.0 Å². The number of aryl methyl sites for hydroxylation is 1. The Bertz CT molecular complexity index is 915. The van der Waals surface area contributed by atoms with Crippen molar-refractivity contribution < 1.29 is 13.2 Å². The van der Waals surface area contributed by atoms with Gasteiger partial charge >= 0.3 is 0 Å². The van der Waals surface area contributed by atoms with Crippen LogP contribution < -0.4 is 4.74 Å². The first-order valence-electron chi connectivity index (χ1n) is 7.99. The van der Waals surface area contributed by atoms with Gasteiger partial charge < -0.3 is 4.74 Å². The van der Waals surface area contributed by atoms with E-state index in [1.54, 1.807) is 18.3 Å². The summed E-state index contributed by atoms with van der Waals surface area (Å²) in [4.78, 5) is 0.287. The highest BCUT2D eigenvalue weighted by Gasteiger charge is 2.31. The van der Waals surface area contributed by atoms with Crippen LogP contribution in [0.5, 0.6) is 5.75 Å². The minimum Gasteiger partial charge on any atom is -0.492 e. The molecule has 0 radical (unpaired) electrons. The average molecular weight is 345 g/mol. The molecule has 0 atom stereocenters. The van der Waals surface area contributed by atoms with Crippen LogP contribution in [0.25, 0.3) is 5.57 Å². The van der Waals surface area contributed by atoms with Crippen LogP contribution in [0.2, 0.25) is 0 Å². The molecule has 7 heteroatoms. The number of para-hydroxylation sites is 1. The van der Waals surface area contributed by atoms with E-state index >= 15 is 0 Å². The van der Waals surface area contributed by atoms with E-state index in [4.69, 9.17) is 4.74 Å². The van der Waals surface area contributed by atoms with Gasteiger partial charge in [0.15, 0.2) is 0 Å². The van der Waals surface area contributed by atoms with Gasteiger partial charge in [0, 0.05) is 32.8 Å². The van der Waals surface area contributed by atoms with Crippen LogP contribution in [0.4, 0.5) is 0 Å². The van der Waals surface area contributed by atoms with Crippen molar-refractivity contribution in [2.45, 2.75) is 17.7 Å². The van der Waals surface area contributed by atoms with E-state index in [1.807, 2.05) is 29.9 Å². The van der Waals surface area contributed by atoms with Gasteiger partial charge in [-0.3, -0.25) is 4.68 Å². The lowest BCUT2D eigenvalue weighted by Gasteiger charge is -2.26. The Hall–Kier alpha value is -2.12. The van der Waals surface area contributed by atoms with Gasteiger partial charge in [-0.25, -0.2) is 8.42 Å². The molecule has 0 saturated carbocycles. The normalized spacial score (nSPS) is 18.1. The molecule has 24 heavy (non-hydrogen) atoms. The number of benzene rings is 1. The van der Waals surface area contributed by atoms with Gasteiger partial charge in [0.05, 0.1) is 12.3 Å². The van der Waals surface area contributed by atoms with E-state index in [0.717, 1.165) is 23.3 Å². The minimum atomic E-state index is -3.55. The predicted octanol–water partition coefficient (Wildman–Crippen LogP) is 1.83. The maximum atomic E-state index is 13.0. The molecule has 2 aliphatic heterocycles. The molecule has 0 unspecified atom stereocenters. The highest BCUT2D eigenvalue weighted by molar-refractivity contribution is 7.89. The number of rotatable bonds is 3. The van der Waals surface area contributed by atoms with Crippen LogP contribution in [0.15, 0.2) is 41.4 Å². The summed E-state index contributed by atoms with van der Waals surface area (Å²) in [6, 6.07) is 7.31. The summed E-state index contributed by atoms with van der Waals surface area (Å²) < 4.78 is 34.9. The Morgan fingerprint density at radius 2 is 2.08 bits per heavy atom. The lowest BCUT2D eigenvalue weighted by molar-refractivity contribution is 0.346. The fourth-order valence-corrected chi connectivity index (χ4v) is 4.87. The SMILES string of the molecule is Cn1nccc1C1=CCN(S(=O)(=O)c2cccc3c2OCC3)CC1. The second-order valence-electron chi connectivity index (χ2n) is 6.03. The summed E-state index contributed by atoms with van der Waals surface area (Å²) in [6.45, 7) is 1.38. The summed E-state index contributed by atoms with van der Waals surface area (Å²) in [5.41, 5.74) is 3.14. The zero-order chi connectivity index (χ0) is 16.7. The molecule has 1 aromatic heterocycles. The Morgan fingerprint density at radius 1 is 1.21 bits per heavy atom. The highest BCUT2D eigenvalue weighted by Crippen LogP contribution is 2.35. The maximum Gasteiger partial charge on any atom is 0.247 e. The zero-order valence-corrected chi connectivity index (χ0v) is 14.3. The molecular weight excluding hydrogens is 326 g/mol. The molecular formula is C17H19N3O3S. The first kappa shape index (κ1) is 15.4. The van der Waals surface area contributed by atoms with Crippen LogP contribution in [0.3, 0.4) is 0 Å². The maximum absolute atomic E-state index is 13.0. The third kappa shape index (κ3) is 2.44. The highest BCUT2D eigenvalue weighted by atomic mass is 32.2. The molecule has 0 amide bonds. The summed E-state index contributed by atoms with van der Waals surface area (Å²) in [7, 11) is -1.66. The fraction of sp³-hybridized carbons (Fsp3) is 0.353. The fourth-order valence-electron chi connectivity index (χ4n) is 3.32. The van der Waals surface area contributed by atoms with Crippen LogP contribution >= 0.6 is 0 Å². The van der Waals surface area contributed by atoms with Crippen molar-refractivity contribution in [1.82, 2.24) is 14.1 Å². The Labute approximate surface area is 141 Å². The molecule has 0 fully saturated rings. The first-order valence-corrected chi connectivity index (χ1v) is 9.43. The van der Waals surface area contributed by atoms with Crippen molar-refractivity contribution in [3.63, 3.8) is 0 Å². The lowest BCUT2D eigenvalue weighted by Crippen LogP contribution is -2.35. The summed E-state index contributed by atoms with van der Waals surface area (Å²) in [6.07, 6.45) is 5.17. The third-order valence-corrected chi connectivity index (χ3v) is 6.51. The second kappa shape index (κ2) is 5.75. The van der Waals surface area contributed by atoms with Crippen LogP contribution in [0.1, 0.15) is 17.7 Å². The summed E-state index contributed by atoms with van der Waals surface area (Å²) in [5, 5.41) is 4.17. The molecule has 6 nitrogen and oxygen atoms in total. The Morgan fingerprint density at radius 3 is 2.79 bits per heavy atom. The molecule has 1 aromatic carbocycles. The number of ether oxygens (including phenoxy) is 1. The van der Waals surface area contributed by atoms with Crippen molar-refractivity contribution in [3.05, 3.63) is 47.8 Å². The number of nitrogens with zero attached hydrogens (tertiary/aromatic N) is 3. The zero-order valence-electron chi connectivity index (χ0n) is 13.5. The van der Waals surface area contributed by atoms with Crippen molar-refractivity contribution in [3.8, 4) is 5.75 Å². The molecule has 2 aromatic rings. The Kier molecular flexibility index (Phi) is 3.69. The minimum absolute atomic E-state index is 0.287. The molecule has 0 spiro atoms. The number of sulfonamides is 1. The van der Waals surface area contributed by atoms with Crippen molar-refractivity contribution >= 4 is 15.6 Å². The van der Waals surface area contributed by atoms with Gasteiger partial charge in [-0.2, -0.15) is 9.40 Å². The molecule has 0 saturated heterocycles. The van der Waals surface area contributed by atoms with Gasteiger partial charge in [-0.05, 0) is 29.7 Å². The topological polar surface area (TPSA) is 64.4 Å². The van der Waals surface area contributed by atoms with Gasteiger partial charge in [0.25, 0.3) is 0 Å². The van der Waals surface area contributed by atoms with E-state index in [1.165, 1.54) is 4.31 Å². The molecule has 126 valence electrons. The van der Waals surface area contributed by atoms with Gasteiger partial charge in [-0.15, -0.1) is 0 Å². The smallest absolute Gasteiger partial charge is 0.247 e. The monoisotopic (exact) mass is 345 g/mol. The summed E-state index contributed by atoms with van der Waals surface area (Å²) >= 11 is 0. The number of hydrogen-bond acceptors (Lipinski definition) is 4. The molecule has 0 N–H and O–H groups in total. The first-order chi connectivity index (χ1) is 11.6. The number of aromatic nitrogens is 2. The van der Waals surface area contributed by atoms with E-state index in [0.29, 0.717) is 31.9 Å². The average Bonchev–Trinajstić information content (AvgIpc) is 3.23. The molecule has 2 aliphatic rings. The van der Waals surface area contributed by atoms with E-state index in [9.17, 15) is 8.42 Å². The molecule has 0 bridgehead atoms. The van der Waals surface area contributed by atoms with E-state index in [-0.39, 0.29) is 4.90 Å². The number of hydrogen-bond donors (Lipinski definition) is 0. The van der Waals surface area contributed by atoms with Crippen molar-refractivity contribution in [2.75, 3.05) is 19.7 Å². The van der Waals surface area contributed by atoms with Gasteiger partial charge in [-0.1, -0.05) is 18.2 Å². The van der Waals surface area contributed by atoms with Crippen LogP contribution in [0, 0.1) is 0 Å². The molecule has 0 aliphatic carbocycles. The third-order valence-electron chi connectivity index (χ3n) is 4.62. The summed E-state index contributed by atoms with van der Waals surface area (Å²) in [5.74, 6) is 0.527. The van der Waals surface area contributed by atoms with E-state index in [2.05, 4.69) is 5.10 Å². The number of fused-ring (bicyclic) bond motifs is 1. The predicted molar refractivity (Wildman–Crippen MR) is 90.2 cm³/mol. The lowest BCUT2D eigenvalue weighted by atomic mass is 10.1. The quantitative estimate of drug-likeness (QED) is 0.851. The second-order valence-corrected chi connectivity index (χ2v) is 7.93. The van der Waals surface area contributed by atoms with Crippen LogP contribution in [-0.2, 0) is 23.5 Å². The van der Waals surface area contributed by atoms with Crippen LogP contribution in [-0.4, -0.2) is 42.2 Å². The van der Waals surface area contributed by atoms with Gasteiger partial charge in [0.1, 0.15) is 10.6 Å². The van der Waals surface area contributed by atoms with E-state index < -0.39 is 10.0 Å². The Balaban J connectivity index is 1.63. The molecule has 3 heterocycles. The molecule has 4 rings (SSSR count). The largest absolute Gasteiger partial charge is 0.492 e.